The number of hydrogen-bond donors (Lipinski definition) is 1. The van der Waals surface area contributed by atoms with Crippen LogP contribution in [-0.4, -0.2) is 42.5 Å². The predicted octanol–water partition coefficient (Wildman–Crippen LogP) is 5.80. The first kappa shape index (κ1) is 25.6. The molecule has 0 spiro atoms. The second-order valence-electron chi connectivity index (χ2n) is 10.9. The van der Waals surface area contributed by atoms with Gasteiger partial charge >= 0.3 is 5.97 Å². The summed E-state index contributed by atoms with van der Waals surface area (Å²) >= 11 is 12.2. The lowest BCUT2D eigenvalue weighted by Gasteiger charge is -2.53. The molecule has 3 atom stereocenters. The summed E-state index contributed by atoms with van der Waals surface area (Å²) in [5.41, 5.74) is 2.03. The van der Waals surface area contributed by atoms with Gasteiger partial charge < -0.3 is 15.0 Å². The molecule has 0 bridgehead atoms. The normalized spacial score (nSPS) is 26.2. The highest BCUT2D eigenvalue weighted by atomic mass is 35.5. The fraction of sp³-hybridized carbons (Fsp3) is 0.517. The Balaban J connectivity index is 1.34. The second kappa shape index (κ2) is 10.7. The maximum atomic E-state index is 13.0. The molecular weight excluding hydrogens is 495 g/mol. The van der Waals surface area contributed by atoms with Crippen molar-refractivity contribution in [3.8, 4) is 5.75 Å². The molecule has 7 heteroatoms. The summed E-state index contributed by atoms with van der Waals surface area (Å²) in [6, 6.07) is 13.5. The summed E-state index contributed by atoms with van der Waals surface area (Å²) in [4.78, 5) is 27.2. The van der Waals surface area contributed by atoms with Crippen molar-refractivity contribution in [2.24, 2.45) is 11.8 Å². The minimum Gasteiger partial charge on any atom is -0.427 e. The van der Waals surface area contributed by atoms with Crippen LogP contribution in [0.5, 0.6) is 5.75 Å². The number of likely N-dealkylation sites (tertiary alicyclic amines) is 1. The van der Waals surface area contributed by atoms with Crippen LogP contribution < -0.4 is 10.1 Å². The number of benzene rings is 2. The monoisotopic (exact) mass is 528 g/mol. The molecule has 1 heterocycles. The van der Waals surface area contributed by atoms with Crippen LogP contribution in [0.2, 0.25) is 10.0 Å². The highest BCUT2D eigenvalue weighted by molar-refractivity contribution is 6.42. The lowest BCUT2D eigenvalue weighted by Crippen LogP contribution is -2.56. The van der Waals surface area contributed by atoms with Gasteiger partial charge in [-0.05, 0) is 92.3 Å². The highest BCUT2D eigenvalue weighted by Crippen LogP contribution is 2.50. The Hall–Kier alpha value is -2.08. The zero-order chi connectivity index (χ0) is 25.3. The maximum Gasteiger partial charge on any atom is 0.308 e. The van der Waals surface area contributed by atoms with Gasteiger partial charge in [-0.3, -0.25) is 9.59 Å². The van der Waals surface area contributed by atoms with E-state index in [9.17, 15) is 9.59 Å². The van der Waals surface area contributed by atoms with E-state index in [1.54, 1.807) is 12.1 Å². The van der Waals surface area contributed by atoms with Crippen molar-refractivity contribution in [3.05, 3.63) is 63.6 Å². The topological polar surface area (TPSA) is 58.6 Å². The van der Waals surface area contributed by atoms with Crippen molar-refractivity contribution in [1.29, 1.82) is 0 Å². The van der Waals surface area contributed by atoms with Crippen molar-refractivity contribution in [3.63, 3.8) is 0 Å². The molecule has 2 unspecified atom stereocenters. The summed E-state index contributed by atoms with van der Waals surface area (Å²) in [5, 5.41) is 4.27. The Morgan fingerprint density at radius 2 is 1.92 bits per heavy atom. The first-order valence-corrected chi connectivity index (χ1v) is 13.8. The first-order valence-electron chi connectivity index (χ1n) is 13.1. The van der Waals surface area contributed by atoms with E-state index in [-0.39, 0.29) is 29.8 Å². The van der Waals surface area contributed by atoms with Gasteiger partial charge in [-0.25, -0.2) is 0 Å². The van der Waals surface area contributed by atoms with Crippen LogP contribution in [0, 0.1) is 11.8 Å². The van der Waals surface area contributed by atoms with Crippen LogP contribution in [0.4, 0.5) is 0 Å². The standard InChI is InChI=1S/C29H34Cl2N2O3/c1-19(34)36-25-4-2-3-22(15-25)29-11-12-33(17-20-5-6-20)18-23(29)8-9-24(16-29)32-28(35)14-21-7-10-26(30)27(31)13-21/h2-4,7,10,13,15,20,23-24H,5-6,8-9,11-12,14,16-18H2,1H3,(H,32,35)/t23?,24-,29?/m0/s1. The number of fused-ring (bicyclic) bond motifs is 1. The number of amides is 1. The minimum atomic E-state index is -0.309. The molecule has 5 nitrogen and oxygen atoms in total. The van der Waals surface area contributed by atoms with Gasteiger partial charge in [0.05, 0.1) is 16.5 Å². The molecule has 0 radical (unpaired) electrons. The van der Waals surface area contributed by atoms with E-state index in [1.165, 1.54) is 31.9 Å². The van der Waals surface area contributed by atoms with Gasteiger partial charge in [-0.1, -0.05) is 41.4 Å². The third-order valence-corrected chi connectivity index (χ3v) is 8.95. The number of piperidine rings is 1. The van der Waals surface area contributed by atoms with Crippen molar-refractivity contribution in [2.45, 2.75) is 63.3 Å². The van der Waals surface area contributed by atoms with Gasteiger partial charge in [-0.2, -0.15) is 0 Å². The zero-order valence-electron chi connectivity index (χ0n) is 20.8. The van der Waals surface area contributed by atoms with Crippen LogP contribution in [-0.2, 0) is 21.4 Å². The summed E-state index contributed by atoms with van der Waals surface area (Å²) in [6.07, 6.45) is 6.99. The van der Waals surface area contributed by atoms with Crippen molar-refractivity contribution >= 4 is 35.1 Å². The minimum absolute atomic E-state index is 0.00632. The number of nitrogens with zero attached hydrogens (tertiary/aromatic N) is 1. The SMILES string of the molecule is CC(=O)Oc1cccc(C23CCN(CC4CC4)CC2CC[C@H](NC(=O)Cc2ccc(Cl)c(Cl)c2)C3)c1. The Bertz CT molecular complexity index is 1140. The molecule has 2 saturated carbocycles. The van der Waals surface area contributed by atoms with E-state index < -0.39 is 0 Å². The van der Waals surface area contributed by atoms with Gasteiger partial charge in [0.1, 0.15) is 5.75 Å². The molecule has 2 aliphatic carbocycles. The maximum absolute atomic E-state index is 13.0. The van der Waals surface area contributed by atoms with Crippen molar-refractivity contribution in [2.75, 3.05) is 19.6 Å². The molecule has 1 saturated heterocycles. The number of carbonyl (C=O) groups excluding carboxylic acids is 2. The molecule has 36 heavy (non-hydrogen) atoms. The molecule has 2 aromatic carbocycles. The molecule has 192 valence electrons. The van der Waals surface area contributed by atoms with Crippen LogP contribution in [0.1, 0.15) is 56.6 Å². The fourth-order valence-corrected chi connectivity index (χ4v) is 6.64. The van der Waals surface area contributed by atoms with Gasteiger partial charge in [-0.15, -0.1) is 0 Å². The van der Waals surface area contributed by atoms with Crippen molar-refractivity contribution < 1.29 is 14.3 Å². The molecule has 3 fully saturated rings. The highest BCUT2D eigenvalue weighted by Gasteiger charge is 2.48. The average molecular weight is 530 g/mol. The predicted molar refractivity (Wildman–Crippen MR) is 143 cm³/mol. The van der Waals surface area contributed by atoms with Crippen LogP contribution in [0.15, 0.2) is 42.5 Å². The third-order valence-electron chi connectivity index (χ3n) is 8.21. The average Bonchev–Trinajstić information content (AvgIpc) is 3.65. The van der Waals surface area contributed by atoms with Crippen LogP contribution >= 0.6 is 23.2 Å². The fourth-order valence-electron chi connectivity index (χ4n) is 6.32. The Kier molecular flexibility index (Phi) is 7.62. The van der Waals surface area contributed by atoms with Crippen LogP contribution in [0.25, 0.3) is 0 Å². The molecule has 3 aliphatic rings. The molecule has 1 N–H and O–H groups in total. The van der Waals surface area contributed by atoms with Gasteiger partial charge in [0.15, 0.2) is 0 Å². The molecular formula is C29H34Cl2N2O3. The number of hydrogen-bond acceptors (Lipinski definition) is 4. The zero-order valence-corrected chi connectivity index (χ0v) is 22.3. The quantitative estimate of drug-likeness (QED) is 0.364. The number of rotatable bonds is 7. The van der Waals surface area contributed by atoms with E-state index in [1.807, 2.05) is 24.3 Å². The number of ether oxygens (including phenoxy) is 1. The Morgan fingerprint density at radius 3 is 2.67 bits per heavy atom. The summed E-state index contributed by atoms with van der Waals surface area (Å²) in [5.74, 6) is 1.69. The van der Waals surface area contributed by atoms with E-state index in [4.69, 9.17) is 27.9 Å². The van der Waals surface area contributed by atoms with E-state index >= 15 is 0 Å². The largest absolute Gasteiger partial charge is 0.427 e. The lowest BCUT2D eigenvalue weighted by molar-refractivity contribution is -0.132. The Morgan fingerprint density at radius 1 is 1.08 bits per heavy atom. The molecule has 1 aliphatic heterocycles. The van der Waals surface area contributed by atoms with Crippen molar-refractivity contribution in [1.82, 2.24) is 10.2 Å². The number of halogens is 2. The smallest absolute Gasteiger partial charge is 0.308 e. The van der Waals surface area contributed by atoms with Gasteiger partial charge in [0, 0.05) is 31.5 Å². The molecule has 5 rings (SSSR count). The second-order valence-corrected chi connectivity index (χ2v) is 11.7. The first-order chi connectivity index (χ1) is 17.3. The Labute approximate surface area is 223 Å². The van der Waals surface area contributed by atoms with E-state index in [0.29, 0.717) is 21.7 Å². The number of nitrogens with one attached hydrogen (secondary N) is 1. The third kappa shape index (κ3) is 5.90. The summed E-state index contributed by atoms with van der Waals surface area (Å²) < 4.78 is 5.44. The van der Waals surface area contributed by atoms with Gasteiger partial charge in [0.25, 0.3) is 0 Å². The molecule has 0 aromatic heterocycles. The van der Waals surface area contributed by atoms with Crippen LogP contribution in [0.3, 0.4) is 0 Å². The van der Waals surface area contributed by atoms with E-state index in [2.05, 4.69) is 16.3 Å². The lowest BCUT2D eigenvalue weighted by atomic mass is 9.58. The summed E-state index contributed by atoms with van der Waals surface area (Å²) in [7, 11) is 0. The van der Waals surface area contributed by atoms with E-state index in [0.717, 1.165) is 50.3 Å². The number of carbonyl (C=O) groups is 2. The molecule has 1 amide bonds. The molecule has 2 aromatic rings. The summed E-state index contributed by atoms with van der Waals surface area (Å²) in [6.45, 7) is 4.81. The number of esters is 1. The van der Waals surface area contributed by atoms with Gasteiger partial charge in [0.2, 0.25) is 5.91 Å².